The Kier molecular flexibility index (Phi) is 5.95. The highest BCUT2D eigenvalue weighted by atomic mass is 19.1. The Morgan fingerprint density at radius 2 is 1.50 bits per heavy atom. The standard InChI is InChI=1S/C24H24FN3O2/c25-19-10-12-20(13-11-19)26-24(30)23(18-6-2-1-3-7-18)28-16-14-27(15-17-28)21-8-4-5-9-22(21)29/h1-13,23,29H,14-17H2,(H,26,30)/t23-/m0/s1. The molecule has 0 unspecified atom stereocenters. The van der Waals surface area contributed by atoms with Crippen LogP contribution in [0.5, 0.6) is 5.75 Å². The van der Waals surface area contributed by atoms with Crippen molar-refractivity contribution in [1.29, 1.82) is 0 Å². The van der Waals surface area contributed by atoms with E-state index < -0.39 is 6.04 Å². The molecular weight excluding hydrogens is 381 g/mol. The summed E-state index contributed by atoms with van der Waals surface area (Å²) in [6.07, 6.45) is 0. The van der Waals surface area contributed by atoms with Crippen LogP contribution in [-0.4, -0.2) is 42.1 Å². The van der Waals surface area contributed by atoms with E-state index in [1.807, 2.05) is 42.5 Å². The van der Waals surface area contributed by atoms with Gasteiger partial charge in [0.15, 0.2) is 0 Å². The topological polar surface area (TPSA) is 55.8 Å². The zero-order chi connectivity index (χ0) is 20.9. The van der Waals surface area contributed by atoms with E-state index in [0.717, 1.165) is 11.3 Å². The first-order valence-electron chi connectivity index (χ1n) is 10.0. The Bertz CT molecular complexity index is 987. The Morgan fingerprint density at radius 1 is 0.867 bits per heavy atom. The number of nitrogens with zero attached hydrogens (tertiary/aromatic N) is 2. The number of phenols is 1. The van der Waals surface area contributed by atoms with E-state index >= 15 is 0 Å². The molecule has 1 amide bonds. The second-order valence-corrected chi connectivity index (χ2v) is 7.32. The second kappa shape index (κ2) is 8.97. The van der Waals surface area contributed by atoms with Crippen molar-refractivity contribution in [3.05, 3.63) is 90.2 Å². The molecule has 1 aliphatic rings. The molecule has 1 heterocycles. The van der Waals surface area contributed by atoms with Crippen LogP contribution in [-0.2, 0) is 4.79 Å². The number of halogens is 1. The lowest BCUT2D eigenvalue weighted by molar-refractivity contribution is -0.121. The van der Waals surface area contributed by atoms with Crippen molar-refractivity contribution in [1.82, 2.24) is 4.90 Å². The number of para-hydroxylation sites is 2. The van der Waals surface area contributed by atoms with Crippen molar-refractivity contribution in [2.45, 2.75) is 6.04 Å². The van der Waals surface area contributed by atoms with Gasteiger partial charge in [-0.3, -0.25) is 9.69 Å². The van der Waals surface area contributed by atoms with Gasteiger partial charge in [0.25, 0.3) is 0 Å². The molecule has 0 saturated carbocycles. The molecule has 0 aromatic heterocycles. The number of amides is 1. The highest BCUT2D eigenvalue weighted by Gasteiger charge is 2.31. The summed E-state index contributed by atoms with van der Waals surface area (Å²) < 4.78 is 13.2. The molecule has 1 fully saturated rings. The monoisotopic (exact) mass is 405 g/mol. The van der Waals surface area contributed by atoms with Crippen molar-refractivity contribution in [3.63, 3.8) is 0 Å². The summed E-state index contributed by atoms with van der Waals surface area (Å²) in [6, 6.07) is 22.3. The molecule has 3 aromatic rings. The fourth-order valence-electron chi connectivity index (χ4n) is 3.86. The SMILES string of the molecule is O=C(Nc1ccc(F)cc1)[C@H](c1ccccc1)N1CCN(c2ccccc2O)CC1. The van der Waals surface area contributed by atoms with Crippen molar-refractivity contribution >= 4 is 17.3 Å². The Labute approximate surface area is 175 Å². The number of hydrogen-bond acceptors (Lipinski definition) is 4. The predicted molar refractivity (Wildman–Crippen MR) is 116 cm³/mol. The van der Waals surface area contributed by atoms with Crippen LogP contribution < -0.4 is 10.2 Å². The maximum atomic E-state index is 13.2. The van der Waals surface area contributed by atoms with Crippen LogP contribution in [0.15, 0.2) is 78.9 Å². The van der Waals surface area contributed by atoms with Gasteiger partial charge in [-0.2, -0.15) is 0 Å². The molecule has 0 bridgehead atoms. The van der Waals surface area contributed by atoms with E-state index in [4.69, 9.17) is 0 Å². The van der Waals surface area contributed by atoms with Crippen LogP contribution in [0.25, 0.3) is 0 Å². The second-order valence-electron chi connectivity index (χ2n) is 7.32. The van der Waals surface area contributed by atoms with Gasteiger partial charge in [0.2, 0.25) is 5.91 Å². The Balaban J connectivity index is 1.51. The molecule has 1 aliphatic heterocycles. The summed E-state index contributed by atoms with van der Waals surface area (Å²) in [5.74, 6) is -0.226. The van der Waals surface area contributed by atoms with Crippen LogP contribution in [0.1, 0.15) is 11.6 Å². The van der Waals surface area contributed by atoms with Crippen LogP contribution in [0, 0.1) is 5.82 Å². The molecule has 2 N–H and O–H groups in total. The lowest BCUT2D eigenvalue weighted by atomic mass is 10.0. The zero-order valence-electron chi connectivity index (χ0n) is 16.5. The van der Waals surface area contributed by atoms with Crippen molar-refractivity contribution in [2.75, 3.05) is 36.4 Å². The van der Waals surface area contributed by atoms with E-state index in [9.17, 15) is 14.3 Å². The predicted octanol–water partition coefficient (Wildman–Crippen LogP) is 4.03. The first kappa shape index (κ1) is 19.9. The molecule has 0 radical (unpaired) electrons. The molecule has 30 heavy (non-hydrogen) atoms. The minimum Gasteiger partial charge on any atom is -0.506 e. The number of aromatic hydroxyl groups is 1. The normalized spacial score (nSPS) is 15.6. The third-order valence-corrected chi connectivity index (χ3v) is 5.38. The van der Waals surface area contributed by atoms with Crippen molar-refractivity contribution in [3.8, 4) is 5.75 Å². The minimum atomic E-state index is -0.456. The van der Waals surface area contributed by atoms with Crippen LogP contribution in [0.3, 0.4) is 0 Å². The molecule has 5 nitrogen and oxygen atoms in total. The number of hydrogen-bond donors (Lipinski definition) is 2. The number of piperazine rings is 1. The molecule has 1 atom stereocenters. The van der Waals surface area contributed by atoms with Crippen LogP contribution in [0.4, 0.5) is 15.8 Å². The van der Waals surface area contributed by atoms with Crippen molar-refractivity contribution < 1.29 is 14.3 Å². The smallest absolute Gasteiger partial charge is 0.246 e. The summed E-state index contributed by atoms with van der Waals surface area (Å²) >= 11 is 0. The summed E-state index contributed by atoms with van der Waals surface area (Å²) in [6.45, 7) is 2.74. The lowest BCUT2D eigenvalue weighted by Crippen LogP contribution is -2.50. The Hall–Kier alpha value is -3.38. The van der Waals surface area contributed by atoms with E-state index in [2.05, 4.69) is 15.1 Å². The van der Waals surface area contributed by atoms with Gasteiger partial charge in [-0.25, -0.2) is 4.39 Å². The molecule has 3 aromatic carbocycles. The van der Waals surface area contributed by atoms with Crippen molar-refractivity contribution in [2.24, 2.45) is 0 Å². The van der Waals surface area contributed by atoms with Crippen LogP contribution in [0.2, 0.25) is 0 Å². The van der Waals surface area contributed by atoms with Gasteiger partial charge in [-0.05, 0) is 42.0 Å². The maximum absolute atomic E-state index is 13.2. The highest BCUT2D eigenvalue weighted by molar-refractivity contribution is 5.95. The molecule has 4 rings (SSSR count). The van der Waals surface area contributed by atoms with Gasteiger partial charge < -0.3 is 15.3 Å². The molecule has 0 spiro atoms. The molecule has 0 aliphatic carbocycles. The number of carbonyl (C=O) groups excluding carboxylic acids is 1. The minimum absolute atomic E-state index is 0.149. The quantitative estimate of drug-likeness (QED) is 0.673. The van der Waals surface area contributed by atoms with Gasteiger partial charge in [0.05, 0.1) is 5.69 Å². The average molecular weight is 405 g/mol. The molecule has 6 heteroatoms. The van der Waals surface area contributed by atoms with Gasteiger partial charge >= 0.3 is 0 Å². The number of carbonyl (C=O) groups is 1. The molecule has 154 valence electrons. The summed E-state index contributed by atoms with van der Waals surface area (Å²) in [4.78, 5) is 17.5. The largest absolute Gasteiger partial charge is 0.506 e. The van der Waals surface area contributed by atoms with Crippen LogP contribution >= 0.6 is 0 Å². The summed E-state index contributed by atoms with van der Waals surface area (Å²) in [5.41, 5.74) is 2.28. The number of rotatable bonds is 5. The van der Waals surface area contributed by atoms with E-state index in [0.29, 0.717) is 31.9 Å². The molecule has 1 saturated heterocycles. The zero-order valence-corrected chi connectivity index (χ0v) is 16.5. The van der Waals surface area contributed by atoms with Gasteiger partial charge in [-0.1, -0.05) is 42.5 Å². The first-order valence-corrected chi connectivity index (χ1v) is 10.0. The number of benzene rings is 3. The third-order valence-electron chi connectivity index (χ3n) is 5.38. The van der Waals surface area contributed by atoms with E-state index in [-0.39, 0.29) is 17.5 Å². The summed E-state index contributed by atoms with van der Waals surface area (Å²) in [7, 11) is 0. The average Bonchev–Trinajstić information content (AvgIpc) is 2.77. The summed E-state index contributed by atoms with van der Waals surface area (Å²) in [5, 5.41) is 13.1. The molecular formula is C24H24FN3O2. The van der Waals surface area contributed by atoms with E-state index in [1.165, 1.54) is 12.1 Å². The fraction of sp³-hybridized carbons (Fsp3) is 0.208. The number of anilines is 2. The van der Waals surface area contributed by atoms with Gasteiger partial charge in [0, 0.05) is 31.9 Å². The first-order chi connectivity index (χ1) is 14.6. The Morgan fingerprint density at radius 3 is 2.17 bits per heavy atom. The lowest BCUT2D eigenvalue weighted by Gasteiger charge is -2.39. The number of nitrogens with one attached hydrogen (secondary N) is 1. The van der Waals surface area contributed by atoms with Gasteiger partial charge in [0.1, 0.15) is 17.6 Å². The fourth-order valence-corrected chi connectivity index (χ4v) is 3.86. The number of phenolic OH excluding ortho intramolecular Hbond substituents is 1. The third kappa shape index (κ3) is 4.44. The highest BCUT2D eigenvalue weighted by Crippen LogP contribution is 2.30. The van der Waals surface area contributed by atoms with E-state index in [1.54, 1.807) is 24.3 Å². The maximum Gasteiger partial charge on any atom is 0.246 e. The van der Waals surface area contributed by atoms with Gasteiger partial charge in [-0.15, -0.1) is 0 Å².